The molecule has 0 aliphatic carbocycles. The van der Waals surface area contributed by atoms with Crippen molar-refractivity contribution in [3.63, 3.8) is 0 Å². The van der Waals surface area contributed by atoms with Crippen LogP contribution in [0.4, 0.5) is 0 Å². The molecular formula is C20H32KLiO4. The summed E-state index contributed by atoms with van der Waals surface area (Å²) >= 11 is 2.32. The van der Waals surface area contributed by atoms with Gasteiger partial charge in [0.15, 0.2) is 0 Å². The molecule has 0 heterocycles. The fourth-order valence-corrected chi connectivity index (χ4v) is 2.81. The van der Waals surface area contributed by atoms with E-state index in [1.807, 2.05) is 0 Å². The van der Waals surface area contributed by atoms with Crippen LogP contribution in [0.25, 0.3) is 0 Å². The molecule has 0 amide bonds. The van der Waals surface area contributed by atoms with E-state index in [-0.39, 0.29) is 51.4 Å². The van der Waals surface area contributed by atoms with Crippen molar-refractivity contribution in [3.8, 4) is 0 Å². The van der Waals surface area contributed by atoms with Gasteiger partial charge >= 0.3 is 186 Å². The number of hydrogen-bond acceptors (Lipinski definition) is 2. The van der Waals surface area contributed by atoms with Crippen molar-refractivity contribution in [2.75, 3.05) is 0 Å². The second-order valence-corrected chi connectivity index (χ2v) is 6.39. The van der Waals surface area contributed by atoms with Crippen molar-refractivity contribution in [1.82, 2.24) is 0 Å². The summed E-state index contributed by atoms with van der Waals surface area (Å²) in [6.07, 6.45) is 10.5. The van der Waals surface area contributed by atoms with Crippen LogP contribution >= 0.6 is 0 Å². The molecular weight excluding hydrogens is 350 g/mol. The van der Waals surface area contributed by atoms with Gasteiger partial charge in [0.2, 0.25) is 0 Å². The number of carboxylic acid groups (broad SMARTS) is 2. The summed E-state index contributed by atoms with van der Waals surface area (Å²) in [4.78, 5) is 18.9. The quantitative estimate of drug-likeness (QED) is 0.319. The maximum absolute atomic E-state index is 9.43. The Hall–Kier alpha value is 0.394. The topological polar surface area (TPSA) is 74.6 Å². The van der Waals surface area contributed by atoms with E-state index in [1.54, 1.807) is 0 Å². The molecule has 0 spiro atoms. The summed E-state index contributed by atoms with van der Waals surface area (Å²) in [6, 6.07) is 11.0. The van der Waals surface area contributed by atoms with Crippen LogP contribution in [0.15, 0.2) is 30.3 Å². The number of rotatable bonds is 12. The van der Waals surface area contributed by atoms with Crippen molar-refractivity contribution < 1.29 is 19.8 Å². The van der Waals surface area contributed by atoms with Gasteiger partial charge in [-0.3, -0.25) is 9.59 Å². The minimum absolute atomic E-state index is 0. The standard InChI is InChI=1S/C17H27.C3H4O4.K.Li.H/c1-3-4-5-6-7-8-10-13-16(2)17-14-11-9-12-15-17;4-2(5)1-3(6)7;;;/h9,11-12,14-16H,2-8,10,13H2,1H3;1H2,(H,4,5)(H,6,7);;;. The first kappa shape index (κ1) is 28.6. The van der Waals surface area contributed by atoms with Gasteiger partial charge in [0, 0.05) is 0 Å². The molecule has 0 bridgehead atoms. The summed E-state index contributed by atoms with van der Waals surface area (Å²) in [5.41, 5.74) is 1.53. The monoisotopic (exact) mass is 382 g/mol. The number of hydrogen-bond donors (Lipinski definition) is 2. The SMILES string of the molecule is O=C(O)CC(=O)O.[KH].[Li][CH2]C(CCCCCCCCC)c1ccccc1. The number of carbonyl (C=O) groups is 2. The Morgan fingerprint density at radius 2 is 1.42 bits per heavy atom. The van der Waals surface area contributed by atoms with Crippen LogP contribution in [0.2, 0.25) is 5.09 Å². The molecule has 0 aromatic heterocycles. The molecule has 1 atom stereocenters. The normalized spacial score (nSPS) is 10.9. The first-order valence-corrected chi connectivity index (χ1v) is 9.49. The molecule has 1 rings (SSSR count). The van der Waals surface area contributed by atoms with Crippen LogP contribution < -0.4 is 0 Å². The Morgan fingerprint density at radius 3 is 1.85 bits per heavy atom. The molecule has 0 aliphatic rings. The molecule has 6 heteroatoms. The number of unbranched alkanes of at least 4 members (excludes halogenated alkanes) is 6. The van der Waals surface area contributed by atoms with Crippen molar-refractivity contribution in [2.24, 2.45) is 0 Å². The third kappa shape index (κ3) is 17.8. The van der Waals surface area contributed by atoms with Crippen LogP contribution in [0.3, 0.4) is 0 Å². The second-order valence-electron chi connectivity index (χ2n) is 6.39. The molecule has 4 nitrogen and oxygen atoms in total. The predicted molar refractivity (Wildman–Crippen MR) is 109 cm³/mol. The van der Waals surface area contributed by atoms with Gasteiger partial charge in [-0.15, -0.1) is 0 Å². The Morgan fingerprint density at radius 1 is 0.923 bits per heavy atom. The first-order valence-electron chi connectivity index (χ1n) is 9.49. The van der Waals surface area contributed by atoms with Crippen molar-refractivity contribution in [1.29, 1.82) is 0 Å². The van der Waals surface area contributed by atoms with Crippen LogP contribution in [-0.4, -0.2) is 91.3 Å². The zero-order valence-electron chi connectivity index (χ0n) is 15.7. The summed E-state index contributed by atoms with van der Waals surface area (Å²) in [5.74, 6) is -1.85. The van der Waals surface area contributed by atoms with Gasteiger partial charge in [0.1, 0.15) is 6.42 Å². The van der Waals surface area contributed by atoms with Crippen molar-refractivity contribution >= 4 is 81.0 Å². The second kappa shape index (κ2) is 20.1. The molecule has 0 radical (unpaired) electrons. The average Bonchev–Trinajstić information content (AvgIpc) is 2.57. The van der Waals surface area contributed by atoms with Gasteiger partial charge in [-0.2, -0.15) is 0 Å². The molecule has 2 N–H and O–H groups in total. The molecule has 138 valence electrons. The van der Waals surface area contributed by atoms with Crippen molar-refractivity contribution in [3.05, 3.63) is 35.9 Å². The zero-order valence-corrected chi connectivity index (χ0v) is 15.7. The Kier molecular flexibility index (Phi) is 22.2. The summed E-state index contributed by atoms with van der Waals surface area (Å²) in [6.45, 7) is 2.28. The van der Waals surface area contributed by atoms with E-state index in [0.29, 0.717) is 0 Å². The van der Waals surface area contributed by atoms with Crippen LogP contribution in [0, 0.1) is 0 Å². The Balaban J connectivity index is 0. The van der Waals surface area contributed by atoms with Crippen LogP contribution in [0.5, 0.6) is 0 Å². The first-order chi connectivity index (χ1) is 12.0. The third-order valence-corrected chi connectivity index (χ3v) is 4.22. The van der Waals surface area contributed by atoms with E-state index in [0.717, 1.165) is 5.92 Å². The maximum atomic E-state index is 9.43. The van der Waals surface area contributed by atoms with E-state index in [1.165, 1.54) is 62.0 Å². The van der Waals surface area contributed by atoms with Crippen LogP contribution in [0.1, 0.15) is 76.2 Å². The predicted octanol–water partition coefficient (Wildman–Crippen LogP) is 4.39. The summed E-state index contributed by atoms with van der Waals surface area (Å²) in [7, 11) is 0. The molecule has 1 aromatic carbocycles. The number of aliphatic carboxylic acids is 2. The van der Waals surface area contributed by atoms with Crippen LogP contribution in [-0.2, 0) is 9.59 Å². The molecule has 0 aliphatic heterocycles. The fourth-order valence-electron chi connectivity index (χ4n) is 2.81. The molecule has 1 unspecified atom stereocenters. The van der Waals surface area contributed by atoms with Gasteiger partial charge in [-0.25, -0.2) is 0 Å². The average molecular weight is 383 g/mol. The van der Waals surface area contributed by atoms with Gasteiger partial charge in [0.05, 0.1) is 0 Å². The zero-order chi connectivity index (χ0) is 18.9. The minimum atomic E-state index is -1.31. The third-order valence-electron chi connectivity index (χ3n) is 4.22. The Labute approximate surface area is 210 Å². The number of benzene rings is 1. The van der Waals surface area contributed by atoms with E-state index < -0.39 is 18.4 Å². The Bertz CT molecular complexity index is 456. The van der Waals surface area contributed by atoms with E-state index in [9.17, 15) is 9.59 Å². The summed E-state index contributed by atoms with van der Waals surface area (Å²) < 4.78 is 0. The molecule has 26 heavy (non-hydrogen) atoms. The van der Waals surface area contributed by atoms with Gasteiger partial charge in [-0.1, -0.05) is 0 Å². The van der Waals surface area contributed by atoms with Gasteiger partial charge < -0.3 is 10.2 Å². The molecule has 0 fully saturated rings. The molecule has 0 saturated heterocycles. The van der Waals surface area contributed by atoms with Crippen molar-refractivity contribution in [2.45, 2.75) is 75.7 Å². The van der Waals surface area contributed by atoms with E-state index in [2.05, 4.69) is 55.0 Å². The van der Waals surface area contributed by atoms with Gasteiger partial charge in [0.25, 0.3) is 0 Å². The molecule has 1 aromatic rings. The molecule has 0 saturated carbocycles. The van der Waals surface area contributed by atoms with Gasteiger partial charge in [-0.05, 0) is 0 Å². The van der Waals surface area contributed by atoms with E-state index >= 15 is 0 Å². The number of carboxylic acids is 2. The summed E-state index contributed by atoms with van der Waals surface area (Å²) in [5, 5.41) is 16.7. The fraction of sp³-hybridized carbons (Fsp3) is 0.600. The van der Waals surface area contributed by atoms with E-state index in [4.69, 9.17) is 10.2 Å².